The minimum Gasteiger partial charge on any atom is -0.489 e. The first kappa shape index (κ1) is 21.7. The molecule has 0 radical (unpaired) electrons. The molecule has 1 aliphatic rings. The van der Waals surface area contributed by atoms with Crippen LogP contribution in [0.5, 0.6) is 5.75 Å². The highest BCUT2D eigenvalue weighted by molar-refractivity contribution is 6.35. The fourth-order valence-corrected chi connectivity index (χ4v) is 4.76. The van der Waals surface area contributed by atoms with Gasteiger partial charge in [-0.1, -0.05) is 23.7 Å². The SMILES string of the molecule is COC(=O)C1(c2cc(F)cc(OCc3ccc4c(Cl)cc5nccn5c4c3)c2)CCOCC1. The maximum absolute atomic E-state index is 14.5. The number of rotatable bonds is 5. The van der Waals surface area contributed by atoms with Crippen molar-refractivity contribution in [2.45, 2.75) is 24.9 Å². The topological polar surface area (TPSA) is 62.1 Å². The van der Waals surface area contributed by atoms with Crippen LogP contribution in [-0.4, -0.2) is 35.7 Å². The highest BCUT2D eigenvalue weighted by atomic mass is 35.5. The molecule has 0 atom stereocenters. The number of carbonyl (C=O) groups excluding carboxylic acids is 1. The third-order valence-corrected chi connectivity index (χ3v) is 6.57. The maximum Gasteiger partial charge on any atom is 0.316 e. The lowest BCUT2D eigenvalue weighted by Crippen LogP contribution is -2.42. The highest BCUT2D eigenvalue weighted by Gasteiger charge is 2.43. The lowest BCUT2D eigenvalue weighted by Gasteiger charge is -2.35. The Labute approximate surface area is 194 Å². The van der Waals surface area contributed by atoms with Gasteiger partial charge in [-0.2, -0.15) is 0 Å². The van der Waals surface area contributed by atoms with Crippen molar-refractivity contribution < 1.29 is 23.4 Å². The molecular formula is C25H22ClFN2O4. The zero-order chi connectivity index (χ0) is 23.0. The number of fused-ring (bicyclic) bond motifs is 3. The Balaban J connectivity index is 1.45. The molecule has 8 heteroatoms. The molecule has 0 unspecified atom stereocenters. The van der Waals surface area contributed by atoms with Gasteiger partial charge in [0.1, 0.15) is 23.8 Å². The van der Waals surface area contributed by atoms with E-state index in [0.717, 1.165) is 22.1 Å². The fourth-order valence-electron chi connectivity index (χ4n) is 4.50. The number of hydrogen-bond acceptors (Lipinski definition) is 5. The van der Waals surface area contributed by atoms with Crippen molar-refractivity contribution in [3.05, 3.63) is 76.8 Å². The molecule has 1 saturated heterocycles. The molecule has 3 heterocycles. The number of nitrogens with zero attached hydrogens (tertiary/aromatic N) is 2. The van der Waals surface area contributed by atoms with Gasteiger partial charge in [0.05, 0.1) is 23.1 Å². The minimum atomic E-state index is -0.945. The number of ether oxygens (including phenoxy) is 3. The molecule has 6 nitrogen and oxygen atoms in total. The summed E-state index contributed by atoms with van der Waals surface area (Å²) in [6, 6.07) is 12.1. The number of aromatic nitrogens is 2. The normalized spacial score (nSPS) is 15.6. The van der Waals surface area contributed by atoms with Gasteiger partial charge in [-0.3, -0.25) is 9.20 Å². The van der Waals surface area contributed by atoms with Crippen LogP contribution in [0, 0.1) is 5.82 Å². The number of hydrogen-bond donors (Lipinski definition) is 0. The first-order valence-corrected chi connectivity index (χ1v) is 11.0. The molecule has 2 aromatic carbocycles. The predicted molar refractivity (Wildman–Crippen MR) is 122 cm³/mol. The third kappa shape index (κ3) is 3.92. The van der Waals surface area contributed by atoms with Gasteiger partial charge in [0.15, 0.2) is 0 Å². The average molecular weight is 469 g/mol. The molecule has 0 amide bonds. The van der Waals surface area contributed by atoms with Crippen LogP contribution in [0.2, 0.25) is 5.02 Å². The van der Waals surface area contributed by atoms with Crippen LogP contribution in [-0.2, 0) is 26.3 Å². The van der Waals surface area contributed by atoms with Crippen molar-refractivity contribution >= 4 is 34.1 Å². The summed E-state index contributed by atoms with van der Waals surface area (Å²) in [5.41, 5.74) is 2.14. The lowest BCUT2D eigenvalue weighted by atomic mass is 9.74. The Bertz CT molecular complexity index is 1350. The molecular weight excluding hydrogens is 447 g/mol. The van der Waals surface area contributed by atoms with Crippen LogP contribution >= 0.6 is 11.6 Å². The van der Waals surface area contributed by atoms with Crippen molar-refractivity contribution in [3.8, 4) is 5.75 Å². The molecule has 5 rings (SSSR count). The van der Waals surface area contributed by atoms with Gasteiger partial charge in [-0.15, -0.1) is 0 Å². The highest BCUT2D eigenvalue weighted by Crippen LogP contribution is 2.38. The van der Waals surface area contributed by atoms with Gasteiger partial charge < -0.3 is 14.2 Å². The molecule has 2 aromatic heterocycles. The minimum absolute atomic E-state index is 0.218. The summed E-state index contributed by atoms with van der Waals surface area (Å²) in [5, 5.41) is 1.52. The van der Waals surface area contributed by atoms with Gasteiger partial charge in [-0.25, -0.2) is 9.37 Å². The number of pyridine rings is 1. The monoisotopic (exact) mass is 468 g/mol. The summed E-state index contributed by atoms with van der Waals surface area (Å²) in [5.74, 6) is -0.514. The van der Waals surface area contributed by atoms with E-state index in [1.165, 1.54) is 19.2 Å². The molecule has 1 aliphatic heterocycles. The van der Waals surface area contributed by atoms with Crippen LogP contribution in [0.4, 0.5) is 4.39 Å². The lowest BCUT2D eigenvalue weighted by molar-refractivity contribution is -0.151. The molecule has 0 bridgehead atoms. The molecule has 33 heavy (non-hydrogen) atoms. The smallest absolute Gasteiger partial charge is 0.316 e. The Morgan fingerprint density at radius 3 is 2.82 bits per heavy atom. The Morgan fingerprint density at radius 2 is 2.03 bits per heavy atom. The van der Waals surface area contributed by atoms with E-state index in [1.807, 2.05) is 34.9 Å². The number of benzene rings is 2. The standard InChI is InChI=1S/C25H22ClFN2O4/c1-31-24(30)25(4-8-32-9-5-25)17-11-18(27)13-19(12-17)33-15-16-2-3-20-21(26)14-23-28-6-7-29(23)22(20)10-16/h2-3,6-7,10-14H,4-5,8-9,15H2,1H3. The summed E-state index contributed by atoms with van der Waals surface area (Å²) >= 11 is 6.40. The summed E-state index contributed by atoms with van der Waals surface area (Å²) < 4.78 is 32.9. The van der Waals surface area contributed by atoms with E-state index in [9.17, 15) is 9.18 Å². The fraction of sp³-hybridized carbons (Fsp3) is 0.280. The van der Waals surface area contributed by atoms with Crippen molar-refractivity contribution in [1.29, 1.82) is 0 Å². The molecule has 1 fully saturated rings. The van der Waals surface area contributed by atoms with E-state index >= 15 is 0 Å². The van der Waals surface area contributed by atoms with E-state index in [2.05, 4.69) is 4.98 Å². The van der Waals surface area contributed by atoms with Gasteiger partial charge >= 0.3 is 5.97 Å². The van der Waals surface area contributed by atoms with Crippen molar-refractivity contribution in [1.82, 2.24) is 9.38 Å². The Kier molecular flexibility index (Phi) is 5.68. The molecule has 170 valence electrons. The average Bonchev–Trinajstić information content (AvgIpc) is 3.31. The Hall–Kier alpha value is -3.16. The Morgan fingerprint density at radius 1 is 1.21 bits per heavy atom. The van der Waals surface area contributed by atoms with Crippen LogP contribution in [0.25, 0.3) is 16.6 Å². The predicted octanol–water partition coefficient (Wildman–Crippen LogP) is 5.08. The second-order valence-corrected chi connectivity index (χ2v) is 8.56. The molecule has 0 spiro atoms. The summed E-state index contributed by atoms with van der Waals surface area (Å²) in [7, 11) is 1.35. The molecule has 0 saturated carbocycles. The third-order valence-electron chi connectivity index (χ3n) is 6.26. The summed E-state index contributed by atoms with van der Waals surface area (Å²) in [6.07, 6.45) is 4.44. The number of halogens is 2. The van der Waals surface area contributed by atoms with E-state index in [4.69, 9.17) is 25.8 Å². The zero-order valence-corrected chi connectivity index (χ0v) is 18.8. The van der Waals surface area contributed by atoms with E-state index in [-0.39, 0.29) is 6.61 Å². The largest absolute Gasteiger partial charge is 0.489 e. The van der Waals surface area contributed by atoms with E-state index in [0.29, 0.717) is 42.4 Å². The molecule has 4 aromatic rings. The van der Waals surface area contributed by atoms with Crippen molar-refractivity contribution in [3.63, 3.8) is 0 Å². The van der Waals surface area contributed by atoms with Crippen LogP contribution in [0.1, 0.15) is 24.0 Å². The summed E-state index contributed by atoms with van der Waals surface area (Å²) in [6.45, 7) is 1.03. The van der Waals surface area contributed by atoms with E-state index in [1.54, 1.807) is 12.3 Å². The van der Waals surface area contributed by atoms with E-state index < -0.39 is 17.2 Å². The number of esters is 1. The zero-order valence-electron chi connectivity index (χ0n) is 18.0. The second-order valence-electron chi connectivity index (χ2n) is 8.15. The molecule has 0 N–H and O–H groups in total. The first-order chi connectivity index (χ1) is 16.0. The van der Waals surface area contributed by atoms with Gasteiger partial charge in [0, 0.05) is 43.1 Å². The maximum atomic E-state index is 14.5. The van der Waals surface area contributed by atoms with Gasteiger partial charge in [0.2, 0.25) is 0 Å². The van der Waals surface area contributed by atoms with Gasteiger partial charge in [0.25, 0.3) is 0 Å². The quantitative estimate of drug-likeness (QED) is 0.382. The summed E-state index contributed by atoms with van der Waals surface area (Å²) in [4.78, 5) is 17.0. The first-order valence-electron chi connectivity index (χ1n) is 10.6. The van der Waals surface area contributed by atoms with Gasteiger partial charge in [-0.05, 0) is 42.2 Å². The number of imidazole rings is 1. The van der Waals surface area contributed by atoms with Crippen molar-refractivity contribution in [2.24, 2.45) is 0 Å². The number of carbonyl (C=O) groups is 1. The van der Waals surface area contributed by atoms with Crippen LogP contribution < -0.4 is 4.74 Å². The van der Waals surface area contributed by atoms with Crippen LogP contribution in [0.15, 0.2) is 54.9 Å². The van der Waals surface area contributed by atoms with Crippen LogP contribution in [0.3, 0.4) is 0 Å². The second kappa shape index (κ2) is 8.65. The van der Waals surface area contributed by atoms with Crippen molar-refractivity contribution in [2.75, 3.05) is 20.3 Å². The molecule has 0 aliphatic carbocycles. The number of methoxy groups -OCH3 is 1.